The minimum absolute atomic E-state index is 0.0590. The highest BCUT2D eigenvalue weighted by molar-refractivity contribution is 7.89. The molecule has 1 N–H and O–H groups in total. The van der Waals surface area contributed by atoms with Gasteiger partial charge in [0, 0.05) is 5.56 Å². The molecule has 1 aromatic heterocycles. The van der Waals surface area contributed by atoms with Crippen LogP contribution in [0.15, 0.2) is 57.9 Å². The van der Waals surface area contributed by atoms with Gasteiger partial charge in [-0.2, -0.15) is 4.98 Å². The number of benzene rings is 2. The van der Waals surface area contributed by atoms with Crippen LogP contribution in [0.25, 0.3) is 11.4 Å². The standard InChI is InChI=1S/C18H17N3O5S/c1-12-8-9-14(10-15(12)18(22)25-2)27(23,24)19-11-16-20-17(21-26-16)13-6-4-3-5-7-13/h3-10,19H,11H2,1-2H3. The maximum atomic E-state index is 12.5. The summed E-state index contributed by atoms with van der Waals surface area (Å²) in [7, 11) is -2.64. The Morgan fingerprint density at radius 3 is 2.63 bits per heavy atom. The number of nitrogens with zero attached hydrogens (tertiary/aromatic N) is 2. The third kappa shape index (κ3) is 4.21. The molecule has 0 saturated heterocycles. The highest BCUT2D eigenvalue weighted by Gasteiger charge is 2.19. The quantitative estimate of drug-likeness (QED) is 0.646. The Bertz CT molecular complexity index is 1060. The summed E-state index contributed by atoms with van der Waals surface area (Å²) in [5.74, 6) is -0.111. The minimum Gasteiger partial charge on any atom is -0.465 e. The van der Waals surface area contributed by atoms with Crippen LogP contribution >= 0.6 is 0 Å². The van der Waals surface area contributed by atoms with Crippen molar-refractivity contribution in [1.82, 2.24) is 14.9 Å². The topological polar surface area (TPSA) is 111 Å². The number of hydrogen-bond acceptors (Lipinski definition) is 7. The Labute approximate surface area is 156 Å². The molecule has 0 fully saturated rings. The number of ether oxygens (including phenoxy) is 1. The lowest BCUT2D eigenvalue weighted by Crippen LogP contribution is -2.24. The van der Waals surface area contributed by atoms with Gasteiger partial charge in [0.2, 0.25) is 21.7 Å². The van der Waals surface area contributed by atoms with E-state index >= 15 is 0 Å². The van der Waals surface area contributed by atoms with Crippen molar-refractivity contribution in [3.8, 4) is 11.4 Å². The molecule has 0 unspecified atom stereocenters. The van der Waals surface area contributed by atoms with Crippen LogP contribution in [0.5, 0.6) is 0 Å². The summed E-state index contributed by atoms with van der Waals surface area (Å²) in [6.07, 6.45) is 0. The van der Waals surface area contributed by atoms with Gasteiger partial charge in [0.1, 0.15) is 0 Å². The first-order chi connectivity index (χ1) is 12.9. The van der Waals surface area contributed by atoms with Gasteiger partial charge in [-0.1, -0.05) is 41.6 Å². The van der Waals surface area contributed by atoms with Gasteiger partial charge < -0.3 is 9.26 Å². The van der Waals surface area contributed by atoms with E-state index in [2.05, 4.69) is 19.6 Å². The molecule has 0 aliphatic rings. The Kier molecular flexibility index (Phi) is 5.33. The molecule has 140 valence electrons. The normalized spacial score (nSPS) is 11.3. The van der Waals surface area contributed by atoms with Crippen molar-refractivity contribution in [3.63, 3.8) is 0 Å². The number of aromatic nitrogens is 2. The molecular weight excluding hydrogens is 370 g/mol. The molecule has 2 aromatic carbocycles. The Balaban J connectivity index is 1.76. The van der Waals surface area contributed by atoms with E-state index in [0.29, 0.717) is 11.4 Å². The third-order valence-electron chi connectivity index (χ3n) is 3.84. The van der Waals surface area contributed by atoms with E-state index in [1.807, 2.05) is 30.3 Å². The zero-order valence-corrected chi connectivity index (χ0v) is 15.5. The van der Waals surface area contributed by atoms with E-state index in [1.54, 1.807) is 13.0 Å². The van der Waals surface area contributed by atoms with E-state index in [9.17, 15) is 13.2 Å². The molecule has 0 radical (unpaired) electrons. The first-order valence-corrected chi connectivity index (χ1v) is 9.45. The average Bonchev–Trinajstić information content (AvgIpc) is 3.16. The van der Waals surface area contributed by atoms with Crippen LogP contribution in [0.2, 0.25) is 0 Å². The third-order valence-corrected chi connectivity index (χ3v) is 5.24. The van der Waals surface area contributed by atoms with Crippen LogP contribution in [-0.4, -0.2) is 31.6 Å². The summed E-state index contributed by atoms with van der Waals surface area (Å²) in [5, 5.41) is 3.84. The number of aryl methyl sites for hydroxylation is 1. The number of hydrogen-bond donors (Lipinski definition) is 1. The minimum atomic E-state index is -3.88. The van der Waals surface area contributed by atoms with Gasteiger partial charge >= 0.3 is 5.97 Å². The molecule has 0 bridgehead atoms. The van der Waals surface area contributed by atoms with Gasteiger partial charge in [0.25, 0.3) is 0 Å². The van der Waals surface area contributed by atoms with Crippen LogP contribution in [0.1, 0.15) is 21.8 Å². The fourth-order valence-corrected chi connectivity index (χ4v) is 3.37. The molecule has 0 spiro atoms. The Morgan fingerprint density at radius 2 is 1.93 bits per heavy atom. The van der Waals surface area contributed by atoms with Crippen LogP contribution in [0.3, 0.4) is 0 Å². The van der Waals surface area contributed by atoms with Crippen molar-refractivity contribution in [3.05, 3.63) is 65.5 Å². The molecule has 0 aliphatic carbocycles. The molecule has 0 saturated carbocycles. The lowest BCUT2D eigenvalue weighted by molar-refractivity contribution is 0.0599. The SMILES string of the molecule is COC(=O)c1cc(S(=O)(=O)NCc2nc(-c3ccccc3)no2)ccc1C. The van der Waals surface area contributed by atoms with Gasteiger partial charge in [-0.3, -0.25) is 0 Å². The first-order valence-electron chi connectivity index (χ1n) is 7.97. The zero-order valence-electron chi connectivity index (χ0n) is 14.7. The Hall–Kier alpha value is -3.04. The van der Waals surface area contributed by atoms with Gasteiger partial charge in [0.15, 0.2) is 0 Å². The van der Waals surface area contributed by atoms with Gasteiger partial charge in [-0.05, 0) is 24.6 Å². The van der Waals surface area contributed by atoms with Gasteiger partial charge in [-0.15, -0.1) is 0 Å². The first kappa shape index (κ1) is 18.7. The molecule has 3 aromatic rings. The summed E-state index contributed by atoms with van der Waals surface area (Å²) in [5.41, 5.74) is 1.56. The fraction of sp³-hybridized carbons (Fsp3) is 0.167. The predicted octanol–water partition coefficient (Wildman–Crippen LogP) is 2.31. The van der Waals surface area contributed by atoms with Crippen molar-refractivity contribution in [2.75, 3.05) is 7.11 Å². The zero-order chi connectivity index (χ0) is 19.4. The lowest BCUT2D eigenvalue weighted by Gasteiger charge is -2.08. The maximum absolute atomic E-state index is 12.5. The molecule has 0 aliphatic heterocycles. The molecule has 8 nitrogen and oxygen atoms in total. The second kappa shape index (κ2) is 7.68. The smallest absolute Gasteiger partial charge is 0.338 e. The van der Waals surface area contributed by atoms with Crippen molar-refractivity contribution < 1.29 is 22.5 Å². The van der Waals surface area contributed by atoms with Crippen LogP contribution in [-0.2, 0) is 21.3 Å². The summed E-state index contributed by atoms with van der Waals surface area (Å²) >= 11 is 0. The second-order valence-corrected chi connectivity index (χ2v) is 7.44. The molecular formula is C18H17N3O5S. The molecule has 9 heteroatoms. The Morgan fingerprint density at radius 1 is 1.19 bits per heavy atom. The number of esters is 1. The second-order valence-electron chi connectivity index (χ2n) is 5.67. The number of sulfonamides is 1. The summed E-state index contributed by atoms with van der Waals surface area (Å²) < 4.78 is 37.1. The van der Waals surface area contributed by atoms with Gasteiger partial charge in [-0.25, -0.2) is 17.9 Å². The lowest BCUT2D eigenvalue weighted by atomic mass is 10.1. The highest BCUT2D eigenvalue weighted by atomic mass is 32.2. The predicted molar refractivity (Wildman–Crippen MR) is 96.3 cm³/mol. The number of carbonyl (C=O) groups is 1. The summed E-state index contributed by atoms with van der Waals surface area (Å²) in [6, 6.07) is 13.4. The van der Waals surface area contributed by atoms with Crippen molar-refractivity contribution in [2.24, 2.45) is 0 Å². The maximum Gasteiger partial charge on any atom is 0.338 e. The van der Waals surface area contributed by atoms with E-state index in [-0.39, 0.29) is 22.9 Å². The number of rotatable bonds is 6. The molecule has 27 heavy (non-hydrogen) atoms. The average molecular weight is 387 g/mol. The van der Waals surface area contributed by atoms with Crippen molar-refractivity contribution in [1.29, 1.82) is 0 Å². The molecule has 0 amide bonds. The van der Waals surface area contributed by atoms with Crippen LogP contribution in [0.4, 0.5) is 0 Å². The number of carbonyl (C=O) groups excluding carboxylic acids is 1. The van der Waals surface area contributed by atoms with E-state index in [0.717, 1.165) is 5.56 Å². The van der Waals surface area contributed by atoms with Gasteiger partial charge in [0.05, 0.1) is 24.1 Å². The molecule has 0 atom stereocenters. The molecule has 3 rings (SSSR count). The fourth-order valence-electron chi connectivity index (χ4n) is 2.37. The largest absolute Gasteiger partial charge is 0.465 e. The summed E-state index contributed by atoms with van der Waals surface area (Å²) in [4.78, 5) is 15.9. The monoisotopic (exact) mass is 387 g/mol. The number of methoxy groups -OCH3 is 1. The number of nitrogens with one attached hydrogen (secondary N) is 1. The van der Waals surface area contributed by atoms with Crippen LogP contribution in [0, 0.1) is 6.92 Å². The molecule has 1 heterocycles. The van der Waals surface area contributed by atoms with Crippen molar-refractivity contribution in [2.45, 2.75) is 18.4 Å². The van der Waals surface area contributed by atoms with E-state index in [1.165, 1.54) is 19.2 Å². The van der Waals surface area contributed by atoms with Crippen molar-refractivity contribution >= 4 is 16.0 Å². The van der Waals surface area contributed by atoms with E-state index < -0.39 is 16.0 Å². The van der Waals surface area contributed by atoms with Crippen LogP contribution < -0.4 is 4.72 Å². The van der Waals surface area contributed by atoms with E-state index in [4.69, 9.17) is 4.52 Å². The highest BCUT2D eigenvalue weighted by Crippen LogP contribution is 2.18. The summed E-state index contributed by atoms with van der Waals surface area (Å²) in [6.45, 7) is 1.52.